The SMILES string of the molecule is CC1[C-]=CC(C2(C)CCCCC2)=C1.Cc1[c-]c2c(cc1C(C)(C)C)-c1cc(C(C)(C)C)c(C)cc1C2.[CH2-]C.[CH2]=[Zn].[c-]1ccccc1. The molecule has 3 aliphatic rings. The first-order valence-corrected chi connectivity index (χ1v) is 19.4. The van der Waals surface area contributed by atoms with Gasteiger partial charge in [-0.3, -0.25) is 6.08 Å². The fraction of sp³-hybridized carbons (Fsp3) is 0.467. The number of rotatable bonds is 1. The molecule has 46 heavy (non-hydrogen) atoms. The van der Waals surface area contributed by atoms with Crippen molar-refractivity contribution in [2.45, 2.75) is 126 Å². The molecule has 0 amide bonds. The minimum Gasteiger partial charge on any atom is -0.184 e. The average Bonchev–Trinajstić information content (AvgIpc) is 3.62. The zero-order chi connectivity index (χ0) is 34.7. The van der Waals surface area contributed by atoms with Gasteiger partial charge >= 0.3 is 23.0 Å². The summed E-state index contributed by atoms with van der Waals surface area (Å²) in [6.45, 7) is 27.9. The Morgan fingerprint density at radius 1 is 0.826 bits per heavy atom. The van der Waals surface area contributed by atoms with Crippen molar-refractivity contribution in [2.75, 3.05) is 0 Å². The van der Waals surface area contributed by atoms with Gasteiger partial charge in [-0.2, -0.15) is 72.7 Å². The van der Waals surface area contributed by atoms with Crippen molar-refractivity contribution in [1.29, 1.82) is 0 Å². The summed E-state index contributed by atoms with van der Waals surface area (Å²) in [5, 5.41) is 3.38. The second-order valence-corrected chi connectivity index (χ2v) is 15.1. The molecule has 246 valence electrons. The minimum atomic E-state index is 0.163. The first-order chi connectivity index (χ1) is 21.7. The second kappa shape index (κ2) is 17.7. The van der Waals surface area contributed by atoms with Gasteiger partial charge < -0.3 is 6.92 Å². The first kappa shape index (κ1) is 39.8. The standard InChI is InChI=1S/C23H29.C13H19.C6H5.C2H5.CH2.Zn/c1-14-9-16-11-17-10-15(2)21(23(6,7)8)13-19(17)18(16)12-20(14)22(3,4)5;1-11-6-7-12(10-11)13(2)8-4-3-5-9-13;1-2-4-6-5-3-1;1-2;;/h9,12-13H,11H2,1-8H3;7,10-11H,3-5,8-9H2,1-2H3;1-5H;1H2,2H3;1H2;/q4*-1;;. The Balaban J connectivity index is 0.000000267. The summed E-state index contributed by atoms with van der Waals surface area (Å²) in [6.07, 6.45) is 16.0. The molecule has 3 aromatic rings. The Labute approximate surface area is 294 Å². The largest absolute Gasteiger partial charge is 0.184 e. The molecule has 0 saturated heterocycles. The fourth-order valence-electron chi connectivity index (χ4n) is 6.95. The predicted octanol–water partition coefficient (Wildman–Crippen LogP) is 12.5. The molecule has 1 atom stereocenters. The van der Waals surface area contributed by atoms with Gasteiger partial charge in [0.1, 0.15) is 0 Å². The van der Waals surface area contributed by atoms with Crippen LogP contribution in [-0.4, -0.2) is 5.11 Å². The van der Waals surface area contributed by atoms with E-state index in [-0.39, 0.29) is 10.8 Å². The van der Waals surface area contributed by atoms with Crippen molar-refractivity contribution in [2.24, 2.45) is 11.3 Å². The molecule has 1 saturated carbocycles. The quantitative estimate of drug-likeness (QED) is 0.140. The van der Waals surface area contributed by atoms with Gasteiger partial charge in [-0.1, -0.05) is 129 Å². The summed E-state index contributed by atoms with van der Waals surface area (Å²) < 4.78 is 0. The van der Waals surface area contributed by atoms with Crippen LogP contribution in [0.4, 0.5) is 0 Å². The van der Waals surface area contributed by atoms with Crippen LogP contribution >= 0.6 is 0 Å². The van der Waals surface area contributed by atoms with E-state index in [0.717, 1.165) is 24.3 Å². The zero-order valence-corrected chi connectivity index (χ0v) is 34.2. The molecule has 1 fully saturated rings. The molecule has 0 aromatic heterocycles. The summed E-state index contributed by atoms with van der Waals surface area (Å²) in [5.74, 6) is 0.550. The molecule has 0 bridgehead atoms. The van der Waals surface area contributed by atoms with E-state index in [0.29, 0.717) is 11.3 Å². The summed E-state index contributed by atoms with van der Waals surface area (Å²) in [7, 11) is 0. The molecular weight excluding hydrogens is 606 g/mol. The van der Waals surface area contributed by atoms with Gasteiger partial charge in [0.15, 0.2) is 0 Å². The average molecular weight is 666 g/mol. The van der Waals surface area contributed by atoms with E-state index in [1.165, 1.54) is 76.6 Å². The van der Waals surface area contributed by atoms with E-state index in [9.17, 15) is 0 Å². The monoisotopic (exact) mass is 664 g/mol. The van der Waals surface area contributed by atoms with Gasteiger partial charge in [0.25, 0.3) is 0 Å². The summed E-state index contributed by atoms with van der Waals surface area (Å²) in [5.41, 5.74) is 13.6. The van der Waals surface area contributed by atoms with Gasteiger partial charge in [0.2, 0.25) is 0 Å². The second-order valence-electron chi connectivity index (χ2n) is 15.1. The maximum Gasteiger partial charge on any atom is -0.171 e. The Morgan fingerprint density at radius 2 is 1.39 bits per heavy atom. The molecule has 0 N–H and O–H groups in total. The number of allylic oxidation sites excluding steroid dienone is 4. The predicted molar refractivity (Wildman–Crippen MR) is 200 cm³/mol. The third-order valence-electron chi connectivity index (χ3n) is 9.27. The summed E-state index contributed by atoms with van der Waals surface area (Å²) in [6, 6.07) is 23.4. The van der Waals surface area contributed by atoms with Crippen LogP contribution in [0.3, 0.4) is 0 Å². The van der Waals surface area contributed by atoms with Crippen LogP contribution in [0.2, 0.25) is 0 Å². The molecule has 1 unspecified atom stereocenters. The Bertz CT molecular complexity index is 1340. The van der Waals surface area contributed by atoms with Crippen molar-refractivity contribution in [3.8, 4) is 11.1 Å². The summed E-state index contributed by atoms with van der Waals surface area (Å²) in [4.78, 5) is 0. The third-order valence-corrected chi connectivity index (χ3v) is 9.27. The number of benzene rings is 3. The van der Waals surface area contributed by atoms with Gasteiger partial charge in [-0.05, 0) is 35.4 Å². The van der Waals surface area contributed by atoms with Crippen LogP contribution in [0.15, 0.2) is 66.3 Å². The van der Waals surface area contributed by atoms with Gasteiger partial charge in [-0.25, -0.2) is 6.08 Å². The fourth-order valence-corrected chi connectivity index (χ4v) is 6.95. The Kier molecular flexibility index (Phi) is 15.3. The zero-order valence-electron chi connectivity index (χ0n) is 31.2. The van der Waals surface area contributed by atoms with Gasteiger partial charge in [0, 0.05) is 0 Å². The van der Waals surface area contributed by atoms with Crippen LogP contribution in [0.5, 0.6) is 0 Å². The van der Waals surface area contributed by atoms with E-state index in [4.69, 9.17) is 0 Å². The maximum atomic E-state index is 3.69. The van der Waals surface area contributed by atoms with Gasteiger partial charge in [0.05, 0.1) is 0 Å². The van der Waals surface area contributed by atoms with Gasteiger partial charge in [-0.15, -0.1) is 16.7 Å². The van der Waals surface area contributed by atoms with E-state index in [2.05, 4.69) is 130 Å². The molecule has 3 aromatic carbocycles. The van der Waals surface area contributed by atoms with Crippen LogP contribution in [0, 0.1) is 50.3 Å². The van der Waals surface area contributed by atoms with Crippen molar-refractivity contribution in [1.82, 2.24) is 0 Å². The molecule has 6 rings (SSSR count). The van der Waals surface area contributed by atoms with E-state index < -0.39 is 0 Å². The van der Waals surface area contributed by atoms with Crippen molar-refractivity contribution >= 4 is 5.11 Å². The first-order valence-electron chi connectivity index (χ1n) is 17.3. The Morgan fingerprint density at radius 3 is 1.85 bits per heavy atom. The molecule has 0 radical (unpaired) electrons. The third kappa shape index (κ3) is 10.6. The topological polar surface area (TPSA) is 0 Å². The number of hydrogen-bond donors (Lipinski definition) is 0. The van der Waals surface area contributed by atoms with Crippen molar-refractivity contribution in [3.63, 3.8) is 0 Å². The van der Waals surface area contributed by atoms with Crippen molar-refractivity contribution < 1.29 is 17.9 Å². The normalized spacial score (nSPS) is 17.3. The van der Waals surface area contributed by atoms with Crippen molar-refractivity contribution in [3.05, 3.63) is 125 Å². The molecule has 0 nitrogen and oxygen atoms in total. The molecule has 0 aliphatic heterocycles. The van der Waals surface area contributed by atoms with E-state index in [1.54, 1.807) is 12.5 Å². The molecular formula is C45H60Zn-4. The molecule has 0 spiro atoms. The van der Waals surface area contributed by atoms with Crippen LogP contribution < -0.4 is 0 Å². The Hall–Kier alpha value is -2.37. The smallest absolute Gasteiger partial charge is 0.171 e. The summed E-state index contributed by atoms with van der Waals surface area (Å²) >= 11 is 1.12. The maximum absolute atomic E-state index is 3.69. The van der Waals surface area contributed by atoms with E-state index in [1.807, 2.05) is 30.3 Å². The van der Waals surface area contributed by atoms with Crippen LogP contribution in [-0.2, 0) is 35.1 Å². The van der Waals surface area contributed by atoms with Crippen LogP contribution in [0.25, 0.3) is 11.1 Å². The van der Waals surface area contributed by atoms with E-state index >= 15 is 0 Å². The number of aryl methyl sites for hydroxylation is 2. The molecule has 0 heterocycles. The minimum absolute atomic E-state index is 0.163. The van der Waals surface area contributed by atoms with Crippen LogP contribution in [0.1, 0.15) is 128 Å². The molecule has 1 heteroatoms. The number of hydrogen-bond acceptors (Lipinski definition) is 0. The number of fused-ring (bicyclic) bond motifs is 3. The molecule has 3 aliphatic carbocycles.